The molecule has 0 radical (unpaired) electrons. The Hall–Kier alpha value is -1.65. The molecule has 0 saturated carbocycles. The molecule has 0 aliphatic carbocycles. The van der Waals surface area contributed by atoms with Gasteiger partial charge in [0.2, 0.25) is 0 Å². The number of nitrogens with two attached hydrogens (primary N) is 1. The minimum atomic E-state index is -1.20. The van der Waals surface area contributed by atoms with Gasteiger partial charge in [0, 0.05) is 12.2 Å². The maximum Gasteiger partial charge on any atom is 0.125 e. The summed E-state index contributed by atoms with van der Waals surface area (Å²) < 4.78 is 14.9. The van der Waals surface area contributed by atoms with Crippen molar-refractivity contribution in [3.05, 3.63) is 59.7 Å². The molecule has 3 N–H and O–H groups in total. The van der Waals surface area contributed by atoms with Crippen LogP contribution < -0.4 is 10.5 Å². The molecule has 1 unspecified atom stereocenters. The Morgan fingerprint density at radius 2 is 1.67 bits per heavy atom. The number of nitrogen functional groups attached to an aromatic ring is 1. The molecule has 0 fully saturated rings. The van der Waals surface area contributed by atoms with Crippen molar-refractivity contribution < 1.29 is 4.21 Å². The maximum atomic E-state index is 12.0. The lowest BCUT2D eigenvalue weighted by molar-refractivity contribution is 0.672. The lowest BCUT2D eigenvalue weighted by Gasteiger charge is -2.05. The molecule has 18 heavy (non-hydrogen) atoms. The van der Waals surface area contributed by atoms with Crippen molar-refractivity contribution in [2.45, 2.75) is 18.4 Å². The molecular formula is C14H16N2OS. The van der Waals surface area contributed by atoms with Crippen molar-refractivity contribution in [2.75, 3.05) is 5.73 Å². The van der Waals surface area contributed by atoms with Crippen molar-refractivity contribution in [3.63, 3.8) is 0 Å². The molecule has 4 heteroatoms. The van der Waals surface area contributed by atoms with Crippen molar-refractivity contribution in [1.29, 1.82) is 0 Å². The van der Waals surface area contributed by atoms with Gasteiger partial charge in [0.05, 0.1) is 4.90 Å². The summed E-state index contributed by atoms with van der Waals surface area (Å²) in [5, 5.41) is 0. The largest absolute Gasteiger partial charge is 0.399 e. The van der Waals surface area contributed by atoms with Crippen LogP contribution in [0.25, 0.3) is 0 Å². The molecule has 3 nitrogen and oxygen atoms in total. The van der Waals surface area contributed by atoms with Crippen LogP contribution in [0, 0.1) is 6.92 Å². The first-order valence-electron chi connectivity index (χ1n) is 5.71. The maximum absolute atomic E-state index is 12.0. The minimum Gasteiger partial charge on any atom is -0.399 e. The molecule has 0 spiro atoms. The molecule has 0 heterocycles. The fourth-order valence-electron chi connectivity index (χ4n) is 1.53. The predicted molar refractivity (Wildman–Crippen MR) is 75.3 cm³/mol. The van der Waals surface area contributed by atoms with E-state index < -0.39 is 11.0 Å². The van der Waals surface area contributed by atoms with Gasteiger partial charge >= 0.3 is 0 Å². The van der Waals surface area contributed by atoms with E-state index in [9.17, 15) is 4.21 Å². The zero-order valence-corrected chi connectivity index (χ0v) is 11.0. The van der Waals surface area contributed by atoms with Gasteiger partial charge in [-0.05, 0) is 36.8 Å². The molecular weight excluding hydrogens is 244 g/mol. The normalized spacial score (nSPS) is 12.3. The second kappa shape index (κ2) is 5.80. The van der Waals surface area contributed by atoms with E-state index in [2.05, 4.69) is 4.72 Å². The first-order chi connectivity index (χ1) is 8.65. The molecule has 0 aliphatic heterocycles. The lowest BCUT2D eigenvalue weighted by atomic mass is 10.2. The van der Waals surface area contributed by atoms with Gasteiger partial charge in [-0.3, -0.25) is 0 Å². The SMILES string of the molecule is Cc1ccc(CNS(=O)c2ccc(N)cc2)cc1. The number of nitrogens with one attached hydrogen (secondary N) is 1. The molecule has 0 aromatic heterocycles. The van der Waals surface area contributed by atoms with Crippen LogP contribution in [0.1, 0.15) is 11.1 Å². The second-order valence-corrected chi connectivity index (χ2v) is 5.44. The molecule has 0 amide bonds. The van der Waals surface area contributed by atoms with Crippen molar-refractivity contribution in [1.82, 2.24) is 4.72 Å². The van der Waals surface area contributed by atoms with Gasteiger partial charge in [-0.15, -0.1) is 0 Å². The molecule has 94 valence electrons. The van der Waals surface area contributed by atoms with E-state index in [1.54, 1.807) is 24.3 Å². The van der Waals surface area contributed by atoms with E-state index in [1.165, 1.54) is 5.56 Å². The highest BCUT2D eigenvalue weighted by molar-refractivity contribution is 7.83. The Bertz CT molecular complexity index is 535. The fraction of sp³-hybridized carbons (Fsp3) is 0.143. The van der Waals surface area contributed by atoms with Gasteiger partial charge in [-0.25, -0.2) is 8.93 Å². The monoisotopic (exact) mass is 260 g/mol. The Balaban J connectivity index is 1.96. The molecule has 1 atom stereocenters. The highest BCUT2D eigenvalue weighted by atomic mass is 32.2. The number of hydrogen-bond donors (Lipinski definition) is 2. The Labute approximate surface area is 110 Å². The molecule has 0 saturated heterocycles. The smallest absolute Gasteiger partial charge is 0.125 e. The average Bonchev–Trinajstić information content (AvgIpc) is 2.38. The zero-order chi connectivity index (χ0) is 13.0. The van der Waals surface area contributed by atoms with Crippen LogP contribution in [-0.2, 0) is 17.5 Å². The number of benzene rings is 2. The molecule has 2 aromatic rings. The minimum absolute atomic E-state index is 0.581. The third-order valence-corrected chi connectivity index (χ3v) is 3.73. The fourth-order valence-corrected chi connectivity index (χ4v) is 2.38. The summed E-state index contributed by atoms with van der Waals surface area (Å²) >= 11 is 0. The zero-order valence-electron chi connectivity index (χ0n) is 10.2. The van der Waals surface area contributed by atoms with Gasteiger partial charge in [0.25, 0.3) is 0 Å². The van der Waals surface area contributed by atoms with E-state index in [0.29, 0.717) is 12.2 Å². The summed E-state index contributed by atoms with van der Waals surface area (Å²) in [6.45, 7) is 2.63. The highest BCUT2D eigenvalue weighted by Gasteiger charge is 2.02. The van der Waals surface area contributed by atoms with Crippen molar-refractivity contribution in [3.8, 4) is 0 Å². The average molecular weight is 260 g/mol. The predicted octanol–water partition coefficient (Wildman–Crippen LogP) is 2.39. The number of aryl methyl sites for hydroxylation is 1. The summed E-state index contributed by atoms with van der Waals surface area (Å²) in [7, 11) is -1.20. The lowest BCUT2D eigenvalue weighted by Crippen LogP contribution is -2.16. The molecule has 2 aromatic carbocycles. The van der Waals surface area contributed by atoms with E-state index in [0.717, 1.165) is 10.5 Å². The Morgan fingerprint density at radius 3 is 2.28 bits per heavy atom. The number of hydrogen-bond acceptors (Lipinski definition) is 2. The molecule has 0 bridgehead atoms. The van der Waals surface area contributed by atoms with Crippen LogP contribution in [-0.4, -0.2) is 4.21 Å². The number of anilines is 1. The van der Waals surface area contributed by atoms with Crippen molar-refractivity contribution >= 4 is 16.7 Å². The summed E-state index contributed by atoms with van der Waals surface area (Å²) in [5.41, 5.74) is 8.60. The summed E-state index contributed by atoms with van der Waals surface area (Å²) in [4.78, 5) is 0.733. The van der Waals surface area contributed by atoms with Crippen LogP contribution in [0.5, 0.6) is 0 Å². The number of rotatable bonds is 4. The van der Waals surface area contributed by atoms with Crippen LogP contribution in [0.3, 0.4) is 0 Å². The second-order valence-electron chi connectivity index (χ2n) is 4.14. The first-order valence-corrected chi connectivity index (χ1v) is 6.86. The van der Waals surface area contributed by atoms with Crippen LogP contribution in [0.4, 0.5) is 5.69 Å². The van der Waals surface area contributed by atoms with Gasteiger partial charge in [-0.1, -0.05) is 29.8 Å². The third kappa shape index (κ3) is 3.42. The molecule has 2 rings (SSSR count). The topological polar surface area (TPSA) is 55.1 Å². The van der Waals surface area contributed by atoms with Gasteiger partial charge < -0.3 is 5.73 Å². The Kier molecular flexibility index (Phi) is 4.12. The van der Waals surface area contributed by atoms with E-state index in [1.807, 2.05) is 31.2 Å². The Morgan fingerprint density at radius 1 is 1.06 bits per heavy atom. The summed E-state index contributed by atoms with van der Waals surface area (Å²) in [6, 6.07) is 15.2. The summed E-state index contributed by atoms with van der Waals surface area (Å²) in [6.07, 6.45) is 0. The van der Waals surface area contributed by atoms with Crippen molar-refractivity contribution in [2.24, 2.45) is 0 Å². The van der Waals surface area contributed by atoms with Gasteiger partial charge in [0.1, 0.15) is 11.0 Å². The van der Waals surface area contributed by atoms with E-state index in [4.69, 9.17) is 5.73 Å². The van der Waals surface area contributed by atoms with Crippen LogP contribution in [0.15, 0.2) is 53.4 Å². The standard InChI is InChI=1S/C14H16N2OS/c1-11-2-4-12(5-3-11)10-16-18(17)14-8-6-13(15)7-9-14/h2-9,16H,10,15H2,1H3. The van der Waals surface area contributed by atoms with E-state index in [-0.39, 0.29) is 0 Å². The third-order valence-electron chi connectivity index (χ3n) is 2.62. The van der Waals surface area contributed by atoms with Gasteiger partial charge in [-0.2, -0.15) is 0 Å². The molecule has 0 aliphatic rings. The quantitative estimate of drug-likeness (QED) is 0.829. The van der Waals surface area contributed by atoms with Gasteiger partial charge in [0.15, 0.2) is 0 Å². The highest BCUT2D eigenvalue weighted by Crippen LogP contribution is 2.09. The van der Waals surface area contributed by atoms with Crippen LogP contribution in [0.2, 0.25) is 0 Å². The van der Waals surface area contributed by atoms with E-state index >= 15 is 0 Å². The van der Waals surface area contributed by atoms with Crippen LogP contribution >= 0.6 is 0 Å². The summed E-state index contributed by atoms with van der Waals surface area (Å²) in [5.74, 6) is 0. The first kappa shape index (κ1) is 12.8.